The Bertz CT molecular complexity index is 524. The number of methoxy groups -OCH3 is 1. The number of hydrogen-bond donors (Lipinski definition) is 0. The van der Waals surface area contributed by atoms with Crippen molar-refractivity contribution >= 4 is 5.57 Å². The van der Waals surface area contributed by atoms with Gasteiger partial charge in [0.15, 0.2) is 0 Å². The first-order valence-corrected chi connectivity index (χ1v) is 7.50. The van der Waals surface area contributed by atoms with Crippen LogP contribution in [0.15, 0.2) is 24.3 Å². The van der Waals surface area contributed by atoms with Gasteiger partial charge in [-0.2, -0.15) is 0 Å². The Hall–Kier alpha value is -1.48. The maximum Gasteiger partial charge on any atom is 0.127 e. The third-order valence-corrected chi connectivity index (χ3v) is 4.19. The fraction of sp³-hybridized carbons (Fsp3) is 0.529. The van der Waals surface area contributed by atoms with Crippen LogP contribution in [0, 0.1) is 5.92 Å². The number of fused-ring (bicyclic) bond motifs is 3. The predicted octanol–water partition coefficient (Wildman–Crippen LogP) is 3.20. The Morgan fingerprint density at radius 2 is 2.25 bits per heavy atom. The molecular formula is C17H23NO2. The molecule has 3 rings (SSSR count). The van der Waals surface area contributed by atoms with Crippen LogP contribution in [0.25, 0.3) is 5.57 Å². The molecule has 0 N–H and O–H groups in total. The molecular weight excluding hydrogens is 250 g/mol. The fourth-order valence-corrected chi connectivity index (χ4v) is 3.32. The van der Waals surface area contributed by atoms with Crippen molar-refractivity contribution in [3.63, 3.8) is 0 Å². The van der Waals surface area contributed by atoms with Crippen molar-refractivity contribution in [2.45, 2.75) is 26.3 Å². The lowest BCUT2D eigenvalue weighted by Gasteiger charge is -2.41. The summed E-state index contributed by atoms with van der Waals surface area (Å²) in [6.45, 7) is 7.56. The molecule has 3 heteroatoms. The van der Waals surface area contributed by atoms with Gasteiger partial charge in [0.2, 0.25) is 0 Å². The van der Waals surface area contributed by atoms with E-state index < -0.39 is 0 Å². The van der Waals surface area contributed by atoms with Gasteiger partial charge < -0.3 is 9.47 Å². The van der Waals surface area contributed by atoms with Crippen LogP contribution in [0.1, 0.15) is 25.8 Å². The first-order valence-electron chi connectivity index (χ1n) is 7.50. The molecule has 2 aliphatic rings. The highest BCUT2D eigenvalue weighted by Crippen LogP contribution is 2.40. The topological polar surface area (TPSA) is 21.7 Å². The van der Waals surface area contributed by atoms with Crippen molar-refractivity contribution < 1.29 is 9.47 Å². The van der Waals surface area contributed by atoms with Crippen molar-refractivity contribution in [1.82, 2.24) is 4.90 Å². The second-order valence-corrected chi connectivity index (χ2v) is 5.78. The van der Waals surface area contributed by atoms with E-state index in [0.717, 1.165) is 31.2 Å². The number of ether oxygens (including phenoxy) is 2. The molecule has 0 bridgehead atoms. The second kappa shape index (κ2) is 5.49. The van der Waals surface area contributed by atoms with Crippen LogP contribution in [-0.4, -0.2) is 37.7 Å². The molecule has 0 spiro atoms. The Morgan fingerprint density at radius 3 is 3.00 bits per heavy atom. The monoisotopic (exact) mass is 273 g/mol. The average molecular weight is 273 g/mol. The highest BCUT2D eigenvalue weighted by atomic mass is 16.5. The molecule has 1 aromatic carbocycles. The van der Waals surface area contributed by atoms with Crippen molar-refractivity contribution in [1.29, 1.82) is 0 Å². The zero-order valence-electron chi connectivity index (χ0n) is 12.6. The molecule has 0 radical (unpaired) electrons. The molecule has 3 nitrogen and oxygen atoms in total. The van der Waals surface area contributed by atoms with Gasteiger partial charge in [-0.05, 0) is 42.7 Å². The van der Waals surface area contributed by atoms with Crippen LogP contribution in [0.2, 0.25) is 0 Å². The molecule has 108 valence electrons. The summed E-state index contributed by atoms with van der Waals surface area (Å²) in [7, 11) is 1.71. The lowest BCUT2D eigenvalue weighted by atomic mass is 9.87. The molecule has 0 saturated heterocycles. The summed E-state index contributed by atoms with van der Waals surface area (Å²) in [5, 5.41) is 0. The normalized spacial score (nSPS) is 25.2. The Morgan fingerprint density at radius 1 is 1.40 bits per heavy atom. The Kier molecular flexibility index (Phi) is 3.70. The minimum Gasteiger partial charge on any atom is -0.497 e. The van der Waals surface area contributed by atoms with E-state index in [9.17, 15) is 0 Å². The highest BCUT2D eigenvalue weighted by Gasteiger charge is 2.33. The summed E-state index contributed by atoms with van der Waals surface area (Å²) in [5.74, 6) is 2.47. The van der Waals surface area contributed by atoms with Crippen LogP contribution >= 0.6 is 0 Å². The molecule has 20 heavy (non-hydrogen) atoms. The zero-order chi connectivity index (χ0) is 14.1. The smallest absolute Gasteiger partial charge is 0.127 e. The van der Waals surface area contributed by atoms with Gasteiger partial charge in [0.05, 0.1) is 13.2 Å². The van der Waals surface area contributed by atoms with E-state index in [0.29, 0.717) is 12.0 Å². The van der Waals surface area contributed by atoms with Gasteiger partial charge in [0.1, 0.15) is 18.1 Å². The average Bonchev–Trinajstić information content (AvgIpc) is 2.46. The molecule has 0 aromatic heterocycles. The molecule has 0 saturated carbocycles. The Labute approximate surface area is 121 Å². The molecule has 2 atom stereocenters. The van der Waals surface area contributed by atoms with Gasteiger partial charge in [0, 0.05) is 12.1 Å². The van der Waals surface area contributed by atoms with Crippen molar-refractivity contribution in [2.24, 2.45) is 5.92 Å². The molecule has 0 amide bonds. The molecule has 0 aliphatic carbocycles. The van der Waals surface area contributed by atoms with E-state index in [1.165, 1.54) is 17.6 Å². The number of rotatable bonds is 3. The van der Waals surface area contributed by atoms with E-state index in [2.05, 4.69) is 30.9 Å². The van der Waals surface area contributed by atoms with Gasteiger partial charge in [-0.1, -0.05) is 19.9 Å². The van der Waals surface area contributed by atoms with E-state index in [4.69, 9.17) is 9.47 Å². The summed E-state index contributed by atoms with van der Waals surface area (Å²) in [6, 6.07) is 6.49. The van der Waals surface area contributed by atoms with Crippen LogP contribution < -0.4 is 9.47 Å². The van der Waals surface area contributed by atoms with Crippen molar-refractivity contribution in [2.75, 3.05) is 26.8 Å². The van der Waals surface area contributed by atoms with Crippen LogP contribution in [-0.2, 0) is 0 Å². The maximum atomic E-state index is 5.97. The SMILES string of the molecule is CCCN1C[C@@H](C)C=C2c3cc(OC)ccc3OC[C@@H]21. The molecule has 2 heterocycles. The Balaban J connectivity index is 2.01. The first-order chi connectivity index (χ1) is 9.72. The maximum absolute atomic E-state index is 5.97. The standard InChI is InChI=1S/C17H23NO2/c1-4-7-18-10-12(2)8-14-15-9-13(19-3)5-6-17(15)20-11-16(14)18/h5-6,8-9,12,16H,4,7,10-11H2,1-3H3/t12-,16-/m0/s1. The fourth-order valence-electron chi connectivity index (χ4n) is 3.32. The van der Waals surface area contributed by atoms with Gasteiger partial charge >= 0.3 is 0 Å². The lowest BCUT2D eigenvalue weighted by Crippen LogP contribution is -2.47. The van der Waals surface area contributed by atoms with E-state index >= 15 is 0 Å². The van der Waals surface area contributed by atoms with Gasteiger partial charge in [0.25, 0.3) is 0 Å². The number of nitrogens with zero attached hydrogens (tertiary/aromatic N) is 1. The van der Waals surface area contributed by atoms with Crippen LogP contribution in [0.4, 0.5) is 0 Å². The van der Waals surface area contributed by atoms with Crippen molar-refractivity contribution in [3.05, 3.63) is 29.8 Å². The highest BCUT2D eigenvalue weighted by molar-refractivity contribution is 5.77. The third-order valence-electron chi connectivity index (χ3n) is 4.19. The van der Waals surface area contributed by atoms with E-state index in [1.807, 2.05) is 12.1 Å². The van der Waals surface area contributed by atoms with Gasteiger partial charge in [-0.25, -0.2) is 0 Å². The minimum absolute atomic E-state index is 0.394. The second-order valence-electron chi connectivity index (χ2n) is 5.78. The van der Waals surface area contributed by atoms with Crippen LogP contribution in [0.5, 0.6) is 11.5 Å². The zero-order valence-corrected chi connectivity index (χ0v) is 12.6. The summed E-state index contributed by atoms with van der Waals surface area (Å²) >= 11 is 0. The summed E-state index contributed by atoms with van der Waals surface area (Å²) in [5.41, 5.74) is 2.62. The van der Waals surface area contributed by atoms with E-state index in [1.54, 1.807) is 7.11 Å². The van der Waals surface area contributed by atoms with E-state index in [-0.39, 0.29) is 0 Å². The summed E-state index contributed by atoms with van der Waals surface area (Å²) in [6.07, 6.45) is 3.60. The van der Waals surface area contributed by atoms with Crippen molar-refractivity contribution in [3.8, 4) is 11.5 Å². The molecule has 2 aliphatic heterocycles. The van der Waals surface area contributed by atoms with Gasteiger partial charge in [-0.3, -0.25) is 4.90 Å². The molecule has 1 aromatic rings. The number of benzene rings is 1. The minimum atomic E-state index is 0.394. The number of hydrogen-bond acceptors (Lipinski definition) is 3. The summed E-state index contributed by atoms with van der Waals surface area (Å²) < 4.78 is 11.3. The molecule has 0 fully saturated rings. The molecule has 0 unspecified atom stereocenters. The quantitative estimate of drug-likeness (QED) is 0.844. The first kappa shape index (κ1) is 13.5. The largest absolute Gasteiger partial charge is 0.497 e. The third kappa shape index (κ3) is 2.31. The lowest BCUT2D eigenvalue weighted by molar-refractivity contribution is 0.143. The van der Waals surface area contributed by atoms with Gasteiger partial charge in [-0.15, -0.1) is 0 Å². The van der Waals surface area contributed by atoms with Crippen LogP contribution in [0.3, 0.4) is 0 Å². The predicted molar refractivity (Wildman–Crippen MR) is 81.3 cm³/mol. The summed E-state index contributed by atoms with van der Waals surface area (Å²) in [4.78, 5) is 2.56.